The molecule has 128 valence electrons. The molecule has 0 aliphatic heterocycles. The van der Waals surface area contributed by atoms with Gasteiger partial charge in [0.1, 0.15) is 0 Å². The van der Waals surface area contributed by atoms with Gasteiger partial charge >= 0.3 is 5.97 Å². The highest BCUT2D eigenvalue weighted by molar-refractivity contribution is 7.10. The van der Waals surface area contributed by atoms with Crippen LogP contribution in [0, 0.1) is 0 Å². The van der Waals surface area contributed by atoms with Crippen molar-refractivity contribution < 1.29 is 9.90 Å². The topological polar surface area (TPSA) is 52.6 Å². The summed E-state index contributed by atoms with van der Waals surface area (Å²) in [5.74, 6) is -0.736. The van der Waals surface area contributed by atoms with E-state index in [4.69, 9.17) is 5.11 Å². The van der Waals surface area contributed by atoms with Crippen LogP contribution in [0.15, 0.2) is 41.8 Å². The molecule has 4 nitrogen and oxygen atoms in total. The van der Waals surface area contributed by atoms with E-state index in [1.54, 1.807) is 11.3 Å². The zero-order valence-electron chi connectivity index (χ0n) is 13.9. The first-order chi connectivity index (χ1) is 11.7. The van der Waals surface area contributed by atoms with E-state index < -0.39 is 5.97 Å². The first-order valence-electron chi connectivity index (χ1n) is 8.47. The molecule has 2 aromatic rings. The van der Waals surface area contributed by atoms with Crippen LogP contribution in [-0.2, 0) is 11.3 Å². The minimum Gasteiger partial charge on any atom is -0.480 e. The lowest BCUT2D eigenvalue weighted by Gasteiger charge is -2.42. The molecular weight excluding hydrogens is 320 g/mol. The highest BCUT2D eigenvalue weighted by atomic mass is 32.1. The van der Waals surface area contributed by atoms with Crippen molar-refractivity contribution in [1.82, 2.24) is 10.2 Å². The summed E-state index contributed by atoms with van der Waals surface area (Å²) < 4.78 is 0. The Morgan fingerprint density at radius 1 is 1.29 bits per heavy atom. The average Bonchev–Trinajstić information content (AvgIpc) is 3.01. The summed E-state index contributed by atoms with van der Waals surface area (Å²) in [5.41, 5.74) is 2.54. The highest BCUT2D eigenvalue weighted by Crippen LogP contribution is 2.28. The van der Waals surface area contributed by atoms with Crippen LogP contribution in [0.2, 0.25) is 0 Å². The number of rotatable bonds is 8. The fourth-order valence-electron chi connectivity index (χ4n) is 3.23. The second-order valence-corrected chi connectivity index (χ2v) is 7.32. The number of carboxylic acids is 1. The molecule has 1 fully saturated rings. The van der Waals surface area contributed by atoms with Gasteiger partial charge in [0.25, 0.3) is 0 Å². The molecule has 1 heterocycles. The van der Waals surface area contributed by atoms with Crippen LogP contribution < -0.4 is 5.32 Å². The Kier molecular flexibility index (Phi) is 5.66. The van der Waals surface area contributed by atoms with Crippen LogP contribution in [0.3, 0.4) is 0 Å². The molecule has 1 saturated carbocycles. The summed E-state index contributed by atoms with van der Waals surface area (Å²) in [4.78, 5) is 14.3. The largest absolute Gasteiger partial charge is 0.480 e. The number of aliphatic carboxylic acids is 1. The Labute approximate surface area is 147 Å². The van der Waals surface area contributed by atoms with Gasteiger partial charge in [-0.1, -0.05) is 37.3 Å². The van der Waals surface area contributed by atoms with Gasteiger partial charge in [0.05, 0.1) is 6.54 Å². The van der Waals surface area contributed by atoms with E-state index in [0.717, 1.165) is 25.9 Å². The predicted molar refractivity (Wildman–Crippen MR) is 98.3 cm³/mol. The normalized spacial score (nSPS) is 20.1. The molecule has 1 aliphatic rings. The van der Waals surface area contributed by atoms with Crippen LogP contribution in [0.4, 0.5) is 0 Å². The lowest BCUT2D eigenvalue weighted by atomic mass is 9.85. The van der Waals surface area contributed by atoms with Crippen molar-refractivity contribution in [2.75, 3.05) is 13.1 Å². The minimum absolute atomic E-state index is 0.152. The maximum absolute atomic E-state index is 10.9. The Morgan fingerprint density at radius 2 is 2.04 bits per heavy atom. The lowest BCUT2D eigenvalue weighted by molar-refractivity contribution is -0.139. The molecule has 1 aromatic heterocycles. The smallest absolute Gasteiger partial charge is 0.317 e. The van der Waals surface area contributed by atoms with Gasteiger partial charge < -0.3 is 10.4 Å². The molecule has 0 saturated heterocycles. The monoisotopic (exact) mass is 344 g/mol. The van der Waals surface area contributed by atoms with Crippen LogP contribution in [-0.4, -0.2) is 41.1 Å². The van der Waals surface area contributed by atoms with Crippen LogP contribution >= 0.6 is 11.3 Å². The second-order valence-electron chi connectivity index (χ2n) is 6.33. The summed E-state index contributed by atoms with van der Waals surface area (Å²) in [6.45, 7) is 3.87. The molecule has 2 N–H and O–H groups in total. The maximum atomic E-state index is 10.9. The third kappa shape index (κ3) is 4.23. The van der Waals surface area contributed by atoms with Gasteiger partial charge in [-0.15, -0.1) is 11.3 Å². The van der Waals surface area contributed by atoms with Gasteiger partial charge in [-0.25, -0.2) is 0 Å². The fourth-order valence-corrected chi connectivity index (χ4v) is 4.07. The quantitative estimate of drug-likeness (QED) is 0.770. The number of nitrogens with zero attached hydrogens (tertiary/aromatic N) is 1. The number of nitrogens with one attached hydrogen (secondary N) is 1. The molecular formula is C19H24N2O2S. The van der Waals surface area contributed by atoms with E-state index in [9.17, 15) is 4.79 Å². The van der Waals surface area contributed by atoms with E-state index in [-0.39, 0.29) is 6.54 Å². The van der Waals surface area contributed by atoms with Crippen molar-refractivity contribution in [1.29, 1.82) is 0 Å². The van der Waals surface area contributed by atoms with Crippen molar-refractivity contribution in [2.24, 2.45) is 0 Å². The van der Waals surface area contributed by atoms with Crippen molar-refractivity contribution in [3.05, 3.63) is 46.7 Å². The Hall–Kier alpha value is -1.69. The zero-order chi connectivity index (χ0) is 16.9. The van der Waals surface area contributed by atoms with Crippen LogP contribution in [0.5, 0.6) is 0 Å². The van der Waals surface area contributed by atoms with Crippen LogP contribution in [0.1, 0.15) is 24.6 Å². The van der Waals surface area contributed by atoms with Gasteiger partial charge in [-0.05, 0) is 42.0 Å². The van der Waals surface area contributed by atoms with Gasteiger partial charge in [0, 0.05) is 23.5 Å². The average molecular weight is 344 g/mol. The SMILES string of the molecule is CCN(CC(=O)O)C1CC(NCc2cc(-c3ccccc3)cs2)C1. The standard InChI is InChI=1S/C19H24N2O2S/c1-2-21(12-19(22)23)17-9-16(10-17)20-11-18-8-15(13-24-18)14-6-4-3-5-7-14/h3-8,13,16-17,20H,2,9-12H2,1H3,(H,22,23). The number of thiophene rings is 1. The molecule has 0 spiro atoms. The summed E-state index contributed by atoms with van der Waals surface area (Å²) >= 11 is 1.79. The maximum Gasteiger partial charge on any atom is 0.317 e. The number of carboxylic acid groups (broad SMARTS) is 1. The third-order valence-electron chi connectivity index (χ3n) is 4.70. The first kappa shape index (κ1) is 17.1. The molecule has 0 amide bonds. The van der Waals surface area contributed by atoms with E-state index >= 15 is 0 Å². The van der Waals surface area contributed by atoms with Crippen LogP contribution in [0.25, 0.3) is 11.1 Å². The van der Waals surface area contributed by atoms with E-state index in [0.29, 0.717) is 12.1 Å². The Morgan fingerprint density at radius 3 is 2.71 bits per heavy atom. The molecule has 1 aromatic carbocycles. The van der Waals surface area contributed by atoms with Crippen molar-refractivity contribution in [2.45, 2.75) is 38.4 Å². The summed E-state index contributed by atoms with van der Waals surface area (Å²) in [7, 11) is 0. The van der Waals surface area contributed by atoms with E-state index in [1.807, 2.05) is 13.0 Å². The molecule has 0 atom stereocenters. The first-order valence-corrected chi connectivity index (χ1v) is 9.35. The summed E-state index contributed by atoms with van der Waals surface area (Å²) in [6, 6.07) is 13.6. The van der Waals surface area contributed by atoms with Crippen molar-refractivity contribution >= 4 is 17.3 Å². The number of carbonyl (C=O) groups is 1. The third-order valence-corrected chi connectivity index (χ3v) is 5.64. The number of hydrogen-bond acceptors (Lipinski definition) is 4. The van der Waals surface area contributed by atoms with E-state index in [1.165, 1.54) is 16.0 Å². The molecule has 24 heavy (non-hydrogen) atoms. The second kappa shape index (κ2) is 7.92. The fraction of sp³-hybridized carbons (Fsp3) is 0.421. The summed E-state index contributed by atoms with van der Waals surface area (Å²) in [6.07, 6.45) is 2.08. The van der Waals surface area contributed by atoms with Gasteiger partial charge in [0.2, 0.25) is 0 Å². The van der Waals surface area contributed by atoms with E-state index in [2.05, 4.69) is 45.9 Å². The molecule has 0 radical (unpaired) electrons. The van der Waals surface area contributed by atoms with Crippen molar-refractivity contribution in [3.63, 3.8) is 0 Å². The van der Waals surface area contributed by atoms with Gasteiger partial charge in [-0.2, -0.15) is 0 Å². The van der Waals surface area contributed by atoms with Crippen molar-refractivity contribution in [3.8, 4) is 11.1 Å². The number of likely N-dealkylation sites (N-methyl/N-ethyl adjacent to an activating group) is 1. The molecule has 0 bridgehead atoms. The minimum atomic E-state index is -0.736. The molecule has 3 rings (SSSR count). The molecule has 0 unspecified atom stereocenters. The molecule has 1 aliphatic carbocycles. The predicted octanol–water partition coefficient (Wildman–Crippen LogP) is 3.44. The molecule has 5 heteroatoms. The highest BCUT2D eigenvalue weighted by Gasteiger charge is 2.33. The summed E-state index contributed by atoms with van der Waals surface area (Å²) in [5, 5.41) is 14.8. The zero-order valence-corrected chi connectivity index (χ0v) is 14.8. The van der Waals surface area contributed by atoms with Gasteiger partial charge in [0.15, 0.2) is 0 Å². The Balaban J connectivity index is 1.45. The Bertz CT molecular complexity index is 665. The number of hydrogen-bond donors (Lipinski definition) is 2. The van der Waals surface area contributed by atoms with Gasteiger partial charge in [-0.3, -0.25) is 9.69 Å². The number of benzene rings is 1. The lowest BCUT2D eigenvalue weighted by Crippen LogP contribution is -2.53.